The van der Waals surface area contributed by atoms with E-state index in [-0.39, 0.29) is 6.33 Å². The van der Waals surface area contributed by atoms with Gasteiger partial charge in [-0.3, -0.25) is 0 Å². The number of benzene rings is 1. The number of carbonyl (C=O) groups is 1. The van der Waals surface area contributed by atoms with Crippen molar-refractivity contribution >= 4 is 21.9 Å². The summed E-state index contributed by atoms with van der Waals surface area (Å²) in [6.07, 6.45) is -0.335. The number of carboxylic acid groups (broad SMARTS) is 1. The van der Waals surface area contributed by atoms with Crippen LogP contribution in [0.4, 0.5) is 4.39 Å². The fourth-order valence-electron chi connectivity index (χ4n) is 0.898. The Balaban J connectivity index is 2.74. The van der Waals surface area contributed by atoms with Crippen LogP contribution in [0.3, 0.4) is 0 Å². The first-order valence-corrected chi connectivity index (χ1v) is 4.84. The highest BCUT2D eigenvalue weighted by atomic mass is 79.9. The Morgan fingerprint density at radius 3 is 2.53 bits per heavy atom. The summed E-state index contributed by atoms with van der Waals surface area (Å²) in [5.74, 6) is -0.879. The predicted molar refractivity (Wildman–Crippen MR) is 56.4 cm³/mol. The van der Waals surface area contributed by atoms with E-state index < -0.39 is 12.1 Å². The van der Waals surface area contributed by atoms with Gasteiger partial charge in [0, 0.05) is 4.47 Å². The third-order valence-corrected chi connectivity index (χ3v) is 2.10. The van der Waals surface area contributed by atoms with Crippen LogP contribution in [-0.2, 0) is 4.79 Å². The van der Waals surface area contributed by atoms with Crippen molar-refractivity contribution in [2.24, 2.45) is 0 Å². The third-order valence-electron chi connectivity index (χ3n) is 1.57. The first kappa shape index (κ1) is 11.7. The van der Waals surface area contributed by atoms with Crippen LogP contribution in [0, 0.1) is 0 Å². The number of hydrogen-bond acceptors (Lipinski definition) is 2. The molecule has 1 unspecified atom stereocenters. The number of aliphatic carboxylic acids is 1. The van der Waals surface area contributed by atoms with E-state index in [2.05, 4.69) is 15.9 Å². The average Bonchev–Trinajstić information content (AvgIpc) is 2.20. The minimum Gasteiger partial charge on any atom is -0.478 e. The van der Waals surface area contributed by atoms with Crippen LogP contribution >= 0.6 is 15.9 Å². The fraction of sp³-hybridized carbons (Fsp3) is 0.100. The first-order valence-electron chi connectivity index (χ1n) is 4.05. The van der Waals surface area contributed by atoms with E-state index in [4.69, 9.17) is 9.84 Å². The number of rotatable bonds is 4. The lowest BCUT2D eigenvalue weighted by atomic mass is 10.3. The van der Waals surface area contributed by atoms with Crippen LogP contribution in [-0.4, -0.2) is 17.2 Å². The zero-order valence-electron chi connectivity index (χ0n) is 7.56. The molecule has 0 aliphatic rings. The molecular formula is C10H8BrFO3. The van der Waals surface area contributed by atoms with Gasteiger partial charge in [0.2, 0.25) is 6.10 Å². The molecule has 80 valence electrons. The van der Waals surface area contributed by atoms with Crippen molar-refractivity contribution in [3.8, 4) is 5.75 Å². The molecule has 0 saturated heterocycles. The highest BCUT2D eigenvalue weighted by Crippen LogP contribution is 2.17. The minimum absolute atomic E-state index is 0.150. The van der Waals surface area contributed by atoms with Gasteiger partial charge in [0.05, 0.1) is 6.33 Å². The molecule has 1 rings (SSSR count). The molecule has 1 aromatic carbocycles. The van der Waals surface area contributed by atoms with E-state index in [1.165, 1.54) is 0 Å². The maximum Gasteiger partial charge on any atom is 0.349 e. The lowest BCUT2D eigenvalue weighted by molar-refractivity contribution is -0.142. The normalized spacial score (nSPS) is 12.7. The van der Waals surface area contributed by atoms with Gasteiger partial charge in [0.1, 0.15) is 5.75 Å². The van der Waals surface area contributed by atoms with Crippen molar-refractivity contribution in [2.75, 3.05) is 0 Å². The monoisotopic (exact) mass is 274 g/mol. The summed E-state index contributed by atoms with van der Waals surface area (Å²) in [5.41, 5.74) is 0. The largest absolute Gasteiger partial charge is 0.478 e. The number of ether oxygens (including phenoxy) is 1. The van der Waals surface area contributed by atoms with Crippen molar-refractivity contribution < 1.29 is 19.0 Å². The second kappa shape index (κ2) is 5.50. The second-order valence-electron chi connectivity index (χ2n) is 2.65. The fourth-order valence-corrected chi connectivity index (χ4v) is 1.16. The molecule has 3 nitrogen and oxygen atoms in total. The molecule has 0 spiro atoms. The molecule has 5 heteroatoms. The summed E-state index contributed by atoms with van der Waals surface area (Å²) >= 11 is 3.23. The molecule has 0 saturated carbocycles. The van der Waals surface area contributed by atoms with Gasteiger partial charge >= 0.3 is 5.97 Å². The third kappa shape index (κ3) is 3.71. The van der Waals surface area contributed by atoms with Crippen LogP contribution < -0.4 is 4.74 Å². The standard InChI is InChI=1S/C10H8BrFO3/c11-7-1-3-8(4-2-7)15-9(5-6-12)10(13)14/h1-6,9H,(H,13,14)/b6-5+. The summed E-state index contributed by atoms with van der Waals surface area (Å²) in [6.45, 7) is 0. The van der Waals surface area contributed by atoms with E-state index >= 15 is 0 Å². The zero-order chi connectivity index (χ0) is 11.3. The van der Waals surface area contributed by atoms with Gasteiger partial charge in [-0.15, -0.1) is 0 Å². The molecule has 0 aliphatic carbocycles. The van der Waals surface area contributed by atoms with Crippen LogP contribution in [0.5, 0.6) is 5.75 Å². The summed E-state index contributed by atoms with van der Waals surface area (Å²) in [4.78, 5) is 10.6. The maximum atomic E-state index is 11.8. The predicted octanol–water partition coefficient (Wildman–Crippen LogP) is 2.76. The molecule has 0 aliphatic heterocycles. The van der Waals surface area contributed by atoms with Gasteiger partial charge in [-0.1, -0.05) is 15.9 Å². The van der Waals surface area contributed by atoms with Crippen molar-refractivity contribution in [1.82, 2.24) is 0 Å². The Hall–Kier alpha value is -1.36. The van der Waals surface area contributed by atoms with E-state index in [1.807, 2.05) is 0 Å². The molecule has 1 aromatic rings. The Bertz CT molecular complexity index is 361. The molecule has 0 bridgehead atoms. The Kier molecular flexibility index (Phi) is 4.30. The lowest BCUT2D eigenvalue weighted by Crippen LogP contribution is -2.24. The average molecular weight is 275 g/mol. The SMILES string of the molecule is O=C(O)C(/C=C/F)Oc1ccc(Br)cc1. The van der Waals surface area contributed by atoms with Crippen LogP contribution in [0.2, 0.25) is 0 Å². The summed E-state index contributed by atoms with van der Waals surface area (Å²) in [5, 5.41) is 8.67. The van der Waals surface area contributed by atoms with E-state index in [1.54, 1.807) is 24.3 Å². The smallest absolute Gasteiger partial charge is 0.349 e. The highest BCUT2D eigenvalue weighted by Gasteiger charge is 2.15. The number of halogens is 2. The molecule has 0 heterocycles. The van der Waals surface area contributed by atoms with Gasteiger partial charge < -0.3 is 9.84 Å². The van der Waals surface area contributed by atoms with Crippen LogP contribution in [0.1, 0.15) is 0 Å². The number of carboxylic acids is 1. The summed E-state index contributed by atoms with van der Waals surface area (Å²) < 4.78 is 17.7. The molecule has 0 radical (unpaired) electrons. The zero-order valence-corrected chi connectivity index (χ0v) is 9.15. The van der Waals surface area contributed by atoms with E-state index in [9.17, 15) is 9.18 Å². The van der Waals surface area contributed by atoms with Gasteiger partial charge in [-0.05, 0) is 30.3 Å². The topological polar surface area (TPSA) is 46.5 Å². The van der Waals surface area contributed by atoms with E-state index in [0.29, 0.717) is 5.75 Å². The molecule has 15 heavy (non-hydrogen) atoms. The van der Waals surface area contributed by atoms with Crippen LogP contribution in [0.25, 0.3) is 0 Å². The Morgan fingerprint density at radius 2 is 2.07 bits per heavy atom. The summed E-state index contributed by atoms with van der Waals surface area (Å²) in [7, 11) is 0. The van der Waals surface area contributed by atoms with Gasteiger partial charge in [-0.25, -0.2) is 9.18 Å². The van der Waals surface area contributed by atoms with Crippen molar-refractivity contribution in [2.45, 2.75) is 6.10 Å². The Labute approximate surface area is 94.3 Å². The van der Waals surface area contributed by atoms with Crippen molar-refractivity contribution in [1.29, 1.82) is 0 Å². The van der Waals surface area contributed by atoms with Crippen molar-refractivity contribution in [3.63, 3.8) is 0 Å². The van der Waals surface area contributed by atoms with Gasteiger partial charge in [0.15, 0.2) is 0 Å². The van der Waals surface area contributed by atoms with Gasteiger partial charge in [-0.2, -0.15) is 0 Å². The minimum atomic E-state index is -1.31. The highest BCUT2D eigenvalue weighted by molar-refractivity contribution is 9.10. The quantitative estimate of drug-likeness (QED) is 0.919. The van der Waals surface area contributed by atoms with Crippen LogP contribution in [0.15, 0.2) is 41.1 Å². The van der Waals surface area contributed by atoms with Gasteiger partial charge in [0.25, 0.3) is 0 Å². The maximum absolute atomic E-state index is 11.8. The molecule has 0 amide bonds. The molecule has 0 fully saturated rings. The molecule has 0 aromatic heterocycles. The second-order valence-corrected chi connectivity index (χ2v) is 3.56. The number of hydrogen-bond donors (Lipinski definition) is 1. The van der Waals surface area contributed by atoms with E-state index in [0.717, 1.165) is 10.5 Å². The lowest BCUT2D eigenvalue weighted by Gasteiger charge is -2.10. The molecule has 1 atom stereocenters. The molecular weight excluding hydrogens is 267 g/mol. The van der Waals surface area contributed by atoms with Crippen molar-refractivity contribution in [3.05, 3.63) is 41.1 Å². The Morgan fingerprint density at radius 1 is 1.47 bits per heavy atom. The summed E-state index contributed by atoms with van der Waals surface area (Å²) in [6, 6.07) is 6.58. The molecule has 1 N–H and O–H groups in total. The first-order chi connectivity index (χ1) is 7.13.